The fourth-order valence-corrected chi connectivity index (χ4v) is 8.15. The number of hydrogen-bond acceptors (Lipinski definition) is 6. The van der Waals surface area contributed by atoms with E-state index >= 15 is 0 Å². The summed E-state index contributed by atoms with van der Waals surface area (Å²) in [6.07, 6.45) is 6.01. The maximum atomic E-state index is 14.5. The van der Waals surface area contributed by atoms with Gasteiger partial charge in [-0.1, -0.05) is 41.4 Å². The fourth-order valence-electron chi connectivity index (χ4n) is 7.20. The van der Waals surface area contributed by atoms with Crippen LogP contribution < -0.4 is 9.64 Å². The number of rotatable bonds is 16. The van der Waals surface area contributed by atoms with Crippen LogP contribution >= 0.6 is 15.9 Å². The average Bonchev–Trinajstić information content (AvgIpc) is 3.58. The molecule has 1 aromatic rings. The third-order valence-electron chi connectivity index (χ3n) is 9.00. The first-order valence-electron chi connectivity index (χ1n) is 15.5. The van der Waals surface area contributed by atoms with E-state index in [4.69, 9.17) is 9.47 Å². The molecule has 3 fully saturated rings. The molecule has 2 bridgehead atoms. The first kappa shape index (κ1) is 33.2. The van der Waals surface area contributed by atoms with Gasteiger partial charge in [0.15, 0.2) is 0 Å². The van der Waals surface area contributed by atoms with Crippen molar-refractivity contribution < 1.29 is 29.0 Å². The van der Waals surface area contributed by atoms with Gasteiger partial charge in [0.1, 0.15) is 17.4 Å². The Morgan fingerprint density at radius 3 is 2.49 bits per heavy atom. The molecule has 1 N–H and O–H groups in total. The predicted molar refractivity (Wildman–Crippen MR) is 170 cm³/mol. The van der Waals surface area contributed by atoms with Crippen LogP contribution in [0.25, 0.3) is 0 Å². The molecule has 9 nitrogen and oxygen atoms in total. The highest BCUT2D eigenvalue weighted by Gasteiger charge is 2.77. The standard InChI is InChI=1S/C33H46BrN3O6/c1-6-12-22(5)35(17-7-2)32(41)29-33-21-25(34)28(43-33)26(27(33)31(40)37(29)19-10-11-20-38)30(39)36(18-8-3)23-13-15-24(16-14-23)42-9-4/h7-8,13-16,22,25-29,38H,2-3,6,9-12,17-21H2,1,4-5H3/t22?,25?,26-,27+,28-,29?,33?/m1/s1. The van der Waals surface area contributed by atoms with Gasteiger partial charge < -0.3 is 29.3 Å². The first-order chi connectivity index (χ1) is 20.7. The quantitative estimate of drug-likeness (QED) is 0.161. The molecule has 0 saturated carbocycles. The van der Waals surface area contributed by atoms with E-state index in [0.717, 1.165) is 12.8 Å². The lowest BCUT2D eigenvalue weighted by Crippen LogP contribution is -2.58. The number of fused-ring (bicyclic) bond motifs is 1. The number of aliphatic hydroxyl groups excluding tert-OH is 1. The van der Waals surface area contributed by atoms with Gasteiger partial charge in [-0.15, -0.1) is 13.2 Å². The van der Waals surface area contributed by atoms with Crippen LogP contribution in [0.5, 0.6) is 5.75 Å². The van der Waals surface area contributed by atoms with Gasteiger partial charge in [0.05, 0.1) is 24.5 Å². The number of halogens is 1. The number of ether oxygens (including phenoxy) is 2. The summed E-state index contributed by atoms with van der Waals surface area (Å²) in [6.45, 7) is 15.2. The zero-order chi connectivity index (χ0) is 31.3. The second kappa shape index (κ2) is 14.4. The van der Waals surface area contributed by atoms with Crippen molar-refractivity contribution in [3.05, 3.63) is 49.6 Å². The number of carbonyl (C=O) groups excluding carboxylic acids is 3. The molecule has 0 aromatic heterocycles. The van der Waals surface area contributed by atoms with Gasteiger partial charge in [0.2, 0.25) is 17.7 Å². The minimum absolute atomic E-state index is 0.00685. The lowest BCUT2D eigenvalue weighted by atomic mass is 9.70. The van der Waals surface area contributed by atoms with Crippen molar-refractivity contribution in [3.8, 4) is 5.75 Å². The van der Waals surface area contributed by atoms with Gasteiger partial charge in [-0.3, -0.25) is 14.4 Å². The minimum atomic E-state index is -1.14. The molecule has 4 rings (SSSR count). The number of hydrogen-bond donors (Lipinski definition) is 1. The van der Waals surface area contributed by atoms with E-state index < -0.39 is 29.6 Å². The Morgan fingerprint density at radius 1 is 1.19 bits per heavy atom. The van der Waals surface area contributed by atoms with Crippen LogP contribution in [-0.2, 0) is 19.1 Å². The average molecular weight is 661 g/mol. The molecule has 1 spiro atoms. The zero-order valence-corrected chi connectivity index (χ0v) is 27.2. The highest BCUT2D eigenvalue weighted by atomic mass is 79.9. The van der Waals surface area contributed by atoms with Gasteiger partial charge in [-0.2, -0.15) is 0 Å². The van der Waals surface area contributed by atoms with E-state index in [1.807, 2.05) is 38.1 Å². The molecule has 0 radical (unpaired) electrons. The van der Waals surface area contributed by atoms with E-state index in [2.05, 4.69) is 36.0 Å². The van der Waals surface area contributed by atoms with Crippen LogP contribution in [0.4, 0.5) is 5.69 Å². The summed E-state index contributed by atoms with van der Waals surface area (Å²) < 4.78 is 12.3. The van der Waals surface area contributed by atoms with E-state index in [9.17, 15) is 19.5 Å². The van der Waals surface area contributed by atoms with Crippen molar-refractivity contribution in [2.45, 2.75) is 81.5 Å². The summed E-state index contributed by atoms with van der Waals surface area (Å²) in [6, 6.07) is 6.36. The van der Waals surface area contributed by atoms with Crippen LogP contribution in [0.2, 0.25) is 0 Å². The highest BCUT2D eigenvalue weighted by Crippen LogP contribution is 2.60. The maximum Gasteiger partial charge on any atom is 0.248 e. The Kier molecular flexibility index (Phi) is 11.1. The van der Waals surface area contributed by atoms with Gasteiger partial charge in [0, 0.05) is 42.8 Å². The topological polar surface area (TPSA) is 99.6 Å². The lowest BCUT2D eigenvalue weighted by molar-refractivity contribution is -0.149. The molecular formula is C33H46BrN3O6. The largest absolute Gasteiger partial charge is 0.494 e. The number of alkyl halides is 1. The molecule has 3 amide bonds. The smallest absolute Gasteiger partial charge is 0.248 e. The van der Waals surface area contributed by atoms with Crippen molar-refractivity contribution in [2.75, 3.05) is 37.7 Å². The second-order valence-electron chi connectivity index (χ2n) is 11.7. The molecular weight excluding hydrogens is 614 g/mol. The molecule has 3 saturated heterocycles. The molecule has 236 valence electrons. The molecule has 3 aliphatic heterocycles. The lowest BCUT2D eigenvalue weighted by Gasteiger charge is -2.39. The van der Waals surface area contributed by atoms with E-state index in [1.165, 1.54) is 0 Å². The summed E-state index contributed by atoms with van der Waals surface area (Å²) in [4.78, 5) is 48.2. The third-order valence-corrected chi connectivity index (χ3v) is 9.84. The molecule has 3 heterocycles. The summed E-state index contributed by atoms with van der Waals surface area (Å²) in [5.74, 6) is -1.52. The third kappa shape index (κ3) is 6.15. The summed E-state index contributed by atoms with van der Waals surface area (Å²) in [5, 5.41) is 9.47. The van der Waals surface area contributed by atoms with Crippen molar-refractivity contribution in [3.63, 3.8) is 0 Å². The Hall–Kier alpha value is -2.69. The van der Waals surface area contributed by atoms with Crippen LogP contribution in [0.3, 0.4) is 0 Å². The predicted octanol–water partition coefficient (Wildman–Crippen LogP) is 4.33. The molecule has 4 unspecified atom stereocenters. The van der Waals surface area contributed by atoms with Gasteiger partial charge >= 0.3 is 0 Å². The normalized spacial score (nSPS) is 28.0. The van der Waals surface area contributed by atoms with Gasteiger partial charge in [0.25, 0.3) is 0 Å². The highest BCUT2D eigenvalue weighted by molar-refractivity contribution is 9.09. The Labute approximate surface area is 264 Å². The Morgan fingerprint density at radius 2 is 1.88 bits per heavy atom. The number of amides is 3. The number of unbranched alkanes of at least 4 members (excludes halogenated alkanes) is 1. The number of likely N-dealkylation sites (tertiary alicyclic amines) is 1. The van der Waals surface area contributed by atoms with E-state index in [1.54, 1.807) is 26.9 Å². The summed E-state index contributed by atoms with van der Waals surface area (Å²) in [5.41, 5.74) is -0.476. The summed E-state index contributed by atoms with van der Waals surface area (Å²) in [7, 11) is 0. The molecule has 1 aromatic carbocycles. The monoisotopic (exact) mass is 659 g/mol. The van der Waals surface area contributed by atoms with Crippen molar-refractivity contribution in [1.29, 1.82) is 0 Å². The Bertz CT molecular complexity index is 1180. The van der Waals surface area contributed by atoms with Gasteiger partial charge in [-0.05, 0) is 63.8 Å². The van der Waals surface area contributed by atoms with Crippen molar-refractivity contribution in [2.24, 2.45) is 11.8 Å². The number of aliphatic hydroxyl groups is 1. The van der Waals surface area contributed by atoms with E-state index in [0.29, 0.717) is 50.4 Å². The fraction of sp³-hybridized carbons (Fsp3) is 0.606. The second-order valence-corrected chi connectivity index (χ2v) is 12.9. The molecule has 10 heteroatoms. The SMILES string of the molecule is C=CCN(C(=O)[C@H]1[C@@H]2OC3(CC2Br)C(C(=O)N(CC=C)C(C)CCC)N(CCCCO)C(=O)[C@H]13)c1ccc(OCC)cc1. The van der Waals surface area contributed by atoms with Crippen molar-refractivity contribution >= 4 is 39.3 Å². The van der Waals surface area contributed by atoms with Crippen LogP contribution in [0, 0.1) is 11.8 Å². The zero-order valence-electron chi connectivity index (χ0n) is 25.6. The summed E-state index contributed by atoms with van der Waals surface area (Å²) >= 11 is 3.77. The number of nitrogens with zero attached hydrogens (tertiary/aromatic N) is 3. The molecule has 0 aliphatic carbocycles. The first-order valence-corrected chi connectivity index (χ1v) is 16.4. The molecule has 7 atom stereocenters. The molecule has 3 aliphatic rings. The van der Waals surface area contributed by atoms with Crippen molar-refractivity contribution in [1.82, 2.24) is 9.80 Å². The number of benzene rings is 1. The molecule has 43 heavy (non-hydrogen) atoms. The van der Waals surface area contributed by atoms with Crippen LogP contribution in [0.15, 0.2) is 49.6 Å². The Balaban J connectivity index is 1.75. The number of carbonyl (C=O) groups is 3. The minimum Gasteiger partial charge on any atom is -0.494 e. The van der Waals surface area contributed by atoms with E-state index in [-0.39, 0.29) is 41.7 Å². The van der Waals surface area contributed by atoms with Crippen LogP contribution in [-0.4, -0.2) is 94.1 Å². The number of anilines is 1. The maximum absolute atomic E-state index is 14.5. The van der Waals surface area contributed by atoms with Gasteiger partial charge in [-0.25, -0.2) is 0 Å². The van der Waals surface area contributed by atoms with Crippen LogP contribution in [0.1, 0.15) is 52.9 Å².